The molecule has 0 aliphatic rings. The minimum Gasteiger partial charge on any atom is -0.427 e. The summed E-state index contributed by atoms with van der Waals surface area (Å²) in [7, 11) is 0. The van der Waals surface area contributed by atoms with Crippen molar-refractivity contribution in [2.24, 2.45) is 0 Å². The van der Waals surface area contributed by atoms with Crippen LogP contribution >= 0.6 is 0 Å². The predicted molar refractivity (Wildman–Crippen MR) is 47.1 cm³/mol. The number of hydrogen-bond donors (Lipinski definition) is 0. The Morgan fingerprint density at radius 2 is 2.31 bits per heavy atom. The van der Waals surface area contributed by atoms with Gasteiger partial charge in [-0.25, -0.2) is 0 Å². The number of carbonyl (C=O) groups is 1. The SMILES string of the molecule is CC(=O)Oc1cccc(C[C]=O)c1. The van der Waals surface area contributed by atoms with E-state index in [4.69, 9.17) is 4.74 Å². The fourth-order valence-electron chi connectivity index (χ4n) is 0.968. The zero-order chi connectivity index (χ0) is 9.68. The maximum atomic E-state index is 10.6. The van der Waals surface area contributed by atoms with Crippen molar-refractivity contribution in [3.05, 3.63) is 29.8 Å². The van der Waals surface area contributed by atoms with Gasteiger partial charge in [-0.1, -0.05) is 12.1 Å². The van der Waals surface area contributed by atoms with Crippen molar-refractivity contribution in [3.8, 4) is 5.75 Å². The first-order chi connectivity index (χ1) is 6.22. The average molecular weight is 177 g/mol. The number of esters is 1. The van der Waals surface area contributed by atoms with Crippen LogP contribution in [0.5, 0.6) is 5.75 Å². The van der Waals surface area contributed by atoms with Crippen molar-refractivity contribution in [2.45, 2.75) is 13.3 Å². The lowest BCUT2D eigenvalue weighted by Crippen LogP contribution is -2.01. The van der Waals surface area contributed by atoms with Gasteiger partial charge >= 0.3 is 5.97 Å². The van der Waals surface area contributed by atoms with Gasteiger partial charge in [0.05, 0.1) is 0 Å². The molecular formula is C10H9O3. The van der Waals surface area contributed by atoms with E-state index in [-0.39, 0.29) is 12.4 Å². The van der Waals surface area contributed by atoms with E-state index in [1.165, 1.54) is 6.92 Å². The molecule has 3 heteroatoms. The zero-order valence-electron chi connectivity index (χ0n) is 7.24. The Kier molecular flexibility index (Phi) is 3.20. The van der Waals surface area contributed by atoms with E-state index in [0.29, 0.717) is 5.75 Å². The third-order valence-electron chi connectivity index (χ3n) is 1.44. The molecule has 1 aromatic carbocycles. The predicted octanol–water partition coefficient (Wildman–Crippen LogP) is 1.26. The quantitative estimate of drug-likeness (QED) is 0.515. The number of ether oxygens (including phenoxy) is 1. The Morgan fingerprint density at radius 1 is 1.54 bits per heavy atom. The monoisotopic (exact) mass is 177 g/mol. The summed E-state index contributed by atoms with van der Waals surface area (Å²) >= 11 is 0. The third-order valence-corrected chi connectivity index (χ3v) is 1.44. The Labute approximate surface area is 76.3 Å². The van der Waals surface area contributed by atoms with Gasteiger partial charge in [0, 0.05) is 13.3 Å². The van der Waals surface area contributed by atoms with E-state index in [1.54, 1.807) is 30.6 Å². The standard InChI is InChI=1S/C10H9O3/c1-8(12)13-10-4-2-3-9(7-10)5-6-11/h2-4,7H,5H2,1H3. The van der Waals surface area contributed by atoms with E-state index >= 15 is 0 Å². The van der Waals surface area contributed by atoms with Gasteiger partial charge in [0.15, 0.2) is 0 Å². The van der Waals surface area contributed by atoms with Crippen LogP contribution in [0.2, 0.25) is 0 Å². The zero-order valence-corrected chi connectivity index (χ0v) is 7.24. The molecule has 0 N–H and O–H groups in total. The van der Waals surface area contributed by atoms with E-state index in [0.717, 1.165) is 5.56 Å². The second kappa shape index (κ2) is 4.40. The van der Waals surface area contributed by atoms with Gasteiger partial charge in [-0.15, -0.1) is 0 Å². The number of carbonyl (C=O) groups excluding carboxylic acids is 2. The average Bonchev–Trinajstić information content (AvgIpc) is 2.04. The first kappa shape index (κ1) is 9.45. The van der Waals surface area contributed by atoms with Crippen molar-refractivity contribution in [3.63, 3.8) is 0 Å². The molecule has 3 nitrogen and oxygen atoms in total. The summed E-state index contributed by atoms with van der Waals surface area (Å²) in [5.74, 6) is 0.0903. The first-order valence-corrected chi connectivity index (χ1v) is 3.84. The van der Waals surface area contributed by atoms with E-state index in [2.05, 4.69) is 0 Å². The second-order valence-electron chi connectivity index (χ2n) is 2.56. The van der Waals surface area contributed by atoms with Gasteiger partial charge in [-0.2, -0.15) is 0 Å². The van der Waals surface area contributed by atoms with Crippen LogP contribution in [0.15, 0.2) is 24.3 Å². The van der Waals surface area contributed by atoms with Crippen molar-refractivity contribution >= 4 is 12.3 Å². The van der Waals surface area contributed by atoms with Gasteiger partial charge in [-0.05, 0) is 17.7 Å². The van der Waals surface area contributed by atoms with Crippen LogP contribution in [-0.2, 0) is 16.0 Å². The molecule has 1 radical (unpaired) electrons. The van der Waals surface area contributed by atoms with Crippen LogP contribution < -0.4 is 4.74 Å². The lowest BCUT2D eigenvalue weighted by atomic mass is 10.2. The maximum Gasteiger partial charge on any atom is 0.308 e. The van der Waals surface area contributed by atoms with Gasteiger partial charge in [0.1, 0.15) is 5.75 Å². The van der Waals surface area contributed by atoms with Crippen LogP contribution in [-0.4, -0.2) is 12.3 Å². The second-order valence-corrected chi connectivity index (χ2v) is 2.56. The largest absolute Gasteiger partial charge is 0.427 e. The molecule has 0 saturated carbocycles. The molecule has 0 heterocycles. The third kappa shape index (κ3) is 3.07. The maximum absolute atomic E-state index is 10.6. The molecule has 0 bridgehead atoms. The van der Waals surface area contributed by atoms with E-state index in [1.807, 2.05) is 0 Å². The lowest BCUT2D eigenvalue weighted by Gasteiger charge is -2.01. The summed E-state index contributed by atoms with van der Waals surface area (Å²) in [4.78, 5) is 20.7. The minimum absolute atomic E-state index is 0.217. The van der Waals surface area contributed by atoms with Crippen molar-refractivity contribution in [2.75, 3.05) is 0 Å². The molecule has 13 heavy (non-hydrogen) atoms. The Balaban J connectivity index is 2.78. The van der Waals surface area contributed by atoms with Crippen molar-refractivity contribution < 1.29 is 14.3 Å². The fraction of sp³-hybridized carbons (Fsp3) is 0.200. The first-order valence-electron chi connectivity index (χ1n) is 3.84. The highest BCUT2D eigenvalue weighted by Gasteiger charge is 1.98. The highest BCUT2D eigenvalue weighted by atomic mass is 16.5. The van der Waals surface area contributed by atoms with Crippen LogP contribution in [0.4, 0.5) is 0 Å². The summed E-state index contributed by atoms with van der Waals surface area (Å²) in [5, 5.41) is 0. The smallest absolute Gasteiger partial charge is 0.308 e. The summed E-state index contributed by atoms with van der Waals surface area (Å²) in [6.07, 6.45) is 1.99. The molecule has 0 atom stereocenters. The molecule has 1 rings (SSSR count). The molecule has 0 spiro atoms. The summed E-state index contributed by atoms with van der Waals surface area (Å²) in [5.41, 5.74) is 0.786. The Hall–Kier alpha value is -1.64. The molecule has 1 aromatic rings. The minimum atomic E-state index is -0.368. The van der Waals surface area contributed by atoms with Gasteiger partial charge in [-0.3, -0.25) is 9.59 Å². The van der Waals surface area contributed by atoms with Crippen LogP contribution in [0.1, 0.15) is 12.5 Å². The molecule has 0 unspecified atom stereocenters. The Bertz CT molecular complexity index is 318. The molecule has 0 amide bonds. The molecule has 0 fully saturated rings. The summed E-state index contributed by atoms with van der Waals surface area (Å²) in [6, 6.07) is 6.81. The van der Waals surface area contributed by atoms with Crippen molar-refractivity contribution in [1.29, 1.82) is 0 Å². The number of rotatable bonds is 3. The van der Waals surface area contributed by atoms with Crippen LogP contribution in [0.25, 0.3) is 0 Å². The highest BCUT2D eigenvalue weighted by Crippen LogP contribution is 2.13. The molecular weight excluding hydrogens is 168 g/mol. The van der Waals surface area contributed by atoms with Crippen molar-refractivity contribution in [1.82, 2.24) is 0 Å². The summed E-state index contributed by atoms with van der Waals surface area (Å²) in [6.45, 7) is 1.33. The molecule has 0 aliphatic heterocycles. The number of hydrogen-bond acceptors (Lipinski definition) is 3. The molecule has 67 valence electrons. The Morgan fingerprint density at radius 3 is 2.92 bits per heavy atom. The highest BCUT2D eigenvalue weighted by molar-refractivity contribution is 5.69. The normalized spacial score (nSPS) is 9.31. The topological polar surface area (TPSA) is 43.4 Å². The molecule has 0 aromatic heterocycles. The molecule has 0 aliphatic carbocycles. The van der Waals surface area contributed by atoms with Crippen LogP contribution in [0, 0.1) is 0 Å². The fourth-order valence-corrected chi connectivity index (χ4v) is 0.968. The van der Waals surface area contributed by atoms with Gasteiger partial charge < -0.3 is 4.74 Å². The van der Waals surface area contributed by atoms with Gasteiger partial charge in [0.2, 0.25) is 6.29 Å². The lowest BCUT2D eigenvalue weighted by molar-refractivity contribution is -0.131. The van der Waals surface area contributed by atoms with E-state index in [9.17, 15) is 9.59 Å². The molecule has 0 saturated heterocycles. The van der Waals surface area contributed by atoms with Crippen LogP contribution in [0.3, 0.4) is 0 Å². The summed E-state index contributed by atoms with van der Waals surface area (Å²) < 4.78 is 4.83. The van der Waals surface area contributed by atoms with E-state index < -0.39 is 0 Å². The van der Waals surface area contributed by atoms with Gasteiger partial charge in [0.25, 0.3) is 0 Å². The number of benzene rings is 1.